The highest BCUT2D eigenvalue weighted by Crippen LogP contribution is 2.36. The summed E-state index contributed by atoms with van der Waals surface area (Å²) in [5.41, 5.74) is 3.62. The number of amides is 1. The molecule has 0 saturated carbocycles. The maximum Gasteiger partial charge on any atom is 0.341 e. The average Bonchev–Trinajstić information content (AvgIpc) is 3.15. The van der Waals surface area contributed by atoms with Crippen LogP contribution in [0.15, 0.2) is 60.0 Å². The highest BCUT2D eigenvalue weighted by molar-refractivity contribution is 7.15. The maximum absolute atomic E-state index is 13.2. The van der Waals surface area contributed by atoms with E-state index in [2.05, 4.69) is 19.2 Å². The van der Waals surface area contributed by atoms with Crippen LogP contribution in [0, 0.1) is 5.82 Å². The second-order valence-corrected chi connectivity index (χ2v) is 7.88. The van der Waals surface area contributed by atoms with Crippen molar-refractivity contribution in [2.24, 2.45) is 0 Å². The molecule has 3 aromatic rings. The van der Waals surface area contributed by atoms with Crippen molar-refractivity contribution in [3.8, 4) is 11.1 Å². The predicted octanol–water partition coefficient (Wildman–Crippen LogP) is 6.12. The van der Waals surface area contributed by atoms with Gasteiger partial charge in [-0.25, -0.2) is 9.18 Å². The second-order valence-electron chi connectivity index (χ2n) is 7.00. The number of carbonyl (C=O) groups is 2. The summed E-state index contributed by atoms with van der Waals surface area (Å²) in [4.78, 5) is 24.8. The number of benzene rings is 2. The maximum atomic E-state index is 13.2. The lowest BCUT2D eigenvalue weighted by molar-refractivity contribution is -0.111. The Kier molecular flexibility index (Phi) is 6.79. The number of nitrogens with one attached hydrogen (secondary N) is 1. The number of hydrogen-bond donors (Lipinski definition) is 1. The molecule has 0 aliphatic carbocycles. The number of hydrogen-bond acceptors (Lipinski definition) is 4. The number of esters is 1. The van der Waals surface area contributed by atoms with Crippen LogP contribution in [0.25, 0.3) is 17.2 Å². The van der Waals surface area contributed by atoms with Crippen LogP contribution in [0.3, 0.4) is 0 Å². The fraction of sp³-hybridized carbons (Fsp3) is 0.167. The minimum absolute atomic E-state index is 0.247. The number of anilines is 1. The van der Waals surface area contributed by atoms with E-state index in [9.17, 15) is 14.0 Å². The van der Waals surface area contributed by atoms with E-state index in [4.69, 9.17) is 4.74 Å². The van der Waals surface area contributed by atoms with Gasteiger partial charge in [0, 0.05) is 17.0 Å². The van der Waals surface area contributed by atoms with Crippen LogP contribution in [0.4, 0.5) is 9.39 Å². The molecular weight excluding hydrogens is 401 g/mol. The van der Waals surface area contributed by atoms with Crippen LogP contribution in [0.5, 0.6) is 0 Å². The van der Waals surface area contributed by atoms with Crippen LogP contribution in [-0.2, 0) is 9.53 Å². The van der Waals surface area contributed by atoms with E-state index in [0.29, 0.717) is 22.0 Å². The number of rotatable bonds is 6. The van der Waals surface area contributed by atoms with Gasteiger partial charge in [0.05, 0.1) is 7.11 Å². The lowest BCUT2D eigenvalue weighted by atomic mass is 10.0. The summed E-state index contributed by atoms with van der Waals surface area (Å²) in [7, 11) is 1.28. The number of methoxy groups -OCH3 is 1. The summed E-state index contributed by atoms with van der Waals surface area (Å²) >= 11 is 1.21. The first kappa shape index (κ1) is 21.5. The Bertz CT molecular complexity index is 1070. The summed E-state index contributed by atoms with van der Waals surface area (Å²) < 4.78 is 18.1. The third-order valence-corrected chi connectivity index (χ3v) is 5.50. The van der Waals surface area contributed by atoms with Crippen LogP contribution in [0.1, 0.15) is 41.3 Å². The Hall–Kier alpha value is -3.25. The van der Waals surface area contributed by atoms with Crippen LogP contribution < -0.4 is 5.32 Å². The smallest absolute Gasteiger partial charge is 0.341 e. The Balaban J connectivity index is 1.80. The Morgan fingerprint density at radius 3 is 2.33 bits per heavy atom. The molecular formula is C24H22FNO3S. The van der Waals surface area contributed by atoms with Crippen molar-refractivity contribution in [1.82, 2.24) is 0 Å². The zero-order valence-electron chi connectivity index (χ0n) is 16.9. The molecule has 1 amide bonds. The lowest BCUT2D eigenvalue weighted by Gasteiger charge is -2.07. The van der Waals surface area contributed by atoms with Crippen LogP contribution in [0.2, 0.25) is 0 Å². The van der Waals surface area contributed by atoms with E-state index >= 15 is 0 Å². The molecule has 0 radical (unpaired) electrons. The van der Waals surface area contributed by atoms with Crippen molar-refractivity contribution in [2.45, 2.75) is 19.8 Å². The van der Waals surface area contributed by atoms with E-state index < -0.39 is 5.97 Å². The van der Waals surface area contributed by atoms with Crippen molar-refractivity contribution in [1.29, 1.82) is 0 Å². The van der Waals surface area contributed by atoms with Crippen molar-refractivity contribution in [3.63, 3.8) is 0 Å². The summed E-state index contributed by atoms with van der Waals surface area (Å²) in [6, 6.07) is 13.8. The summed E-state index contributed by atoms with van der Waals surface area (Å²) in [6.07, 6.45) is 3.13. The van der Waals surface area contributed by atoms with Gasteiger partial charge in [0.2, 0.25) is 5.91 Å². The molecule has 4 nitrogen and oxygen atoms in total. The van der Waals surface area contributed by atoms with Crippen molar-refractivity contribution < 1.29 is 18.7 Å². The molecule has 0 bridgehead atoms. The van der Waals surface area contributed by atoms with Gasteiger partial charge < -0.3 is 10.1 Å². The van der Waals surface area contributed by atoms with E-state index in [1.54, 1.807) is 23.6 Å². The molecule has 2 aromatic carbocycles. The Labute approximate surface area is 179 Å². The molecule has 3 rings (SSSR count). The second kappa shape index (κ2) is 9.50. The van der Waals surface area contributed by atoms with Gasteiger partial charge in [-0.2, -0.15) is 0 Å². The molecule has 30 heavy (non-hydrogen) atoms. The minimum Gasteiger partial charge on any atom is -0.465 e. The first-order chi connectivity index (χ1) is 14.4. The fourth-order valence-corrected chi connectivity index (χ4v) is 3.87. The number of halogens is 1. The summed E-state index contributed by atoms with van der Waals surface area (Å²) in [6.45, 7) is 4.25. The monoisotopic (exact) mass is 423 g/mol. The predicted molar refractivity (Wildman–Crippen MR) is 119 cm³/mol. The van der Waals surface area contributed by atoms with E-state index in [-0.39, 0.29) is 17.3 Å². The third kappa shape index (κ3) is 5.02. The van der Waals surface area contributed by atoms with Gasteiger partial charge in [-0.1, -0.05) is 50.2 Å². The van der Waals surface area contributed by atoms with Gasteiger partial charge >= 0.3 is 5.97 Å². The highest BCUT2D eigenvalue weighted by Gasteiger charge is 2.22. The number of ether oxygens (including phenoxy) is 1. The van der Waals surface area contributed by atoms with Gasteiger partial charge in [-0.3, -0.25) is 4.79 Å². The van der Waals surface area contributed by atoms with E-state index in [0.717, 1.165) is 5.56 Å². The highest BCUT2D eigenvalue weighted by atomic mass is 32.1. The number of carbonyl (C=O) groups excluding carboxylic acids is 2. The third-order valence-electron chi connectivity index (χ3n) is 4.60. The fourth-order valence-electron chi connectivity index (χ4n) is 2.91. The quantitative estimate of drug-likeness (QED) is 0.384. The molecule has 0 saturated heterocycles. The molecule has 1 aromatic heterocycles. The lowest BCUT2D eigenvalue weighted by Crippen LogP contribution is -2.11. The van der Waals surface area contributed by atoms with Gasteiger partial charge in [0.1, 0.15) is 16.4 Å². The van der Waals surface area contributed by atoms with Crippen molar-refractivity contribution >= 4 is 34.3 Å². The summed E-state index contributed by atoms with van der Waals surface area (Å²) in [5, 5.41) is 4.87. The molecule has 1 heterocycles. The Morgan fingerprint density at radius 2 is 1.73 bits per heavy atom. The molecule has 0 fully saturated rings. The SMILES string of the molecule is COC(=O)c1c(-c2ccc(F)cc2)csc1NC(=O)C=Cc1ccc(C(C)C)cc1. The van der Waals surface area contributed by atoms with E-state index in [1.165, 1.54) is 42.2 Å². The Morgan fingerprint density at radius 1 is 1.07 bits per heavy atom. The standard InChI is InChI=1S/C24H22FNO3S/c1-15(2)17-7-4-16(5-8-17)6-13-21(27)26-23-22(24(28)29-3)20(14-30-23)18-9-11-19(25)12-10-18/h4-15H,1-3H3,(H,26,27). The zero-order valence-corrected chi connectivity index (χ0v) is 17.8. The van der Waals surface area contributed by atoms with Crippen molar-refractivity contribution in [3.05, 3.63) is 82.5 Å². The largest absolute Gasteiger partial charge is 0.465 e. The minimum atomic E-state index is -0.570. The molecule has 6 heteroatoms. The molecule has 0 unspecified atom stereocenters. The number of thiophene rings is 1. The molecule has 1 N–H and O–H groups in total. The molecule has 0 aliphatic heterocycles. The molecule has 0 atom stereocenters. The average molecular weight is 424 g/mol. The van der Waals surface area contributed by atoms with Crippen LogP contribution in [-0.4, -0.2) is 19.0 Å². The first-order valence-corrected chi connectivity index (χ1v) is 10.3. The van der Waals surface area contributed by atoms with Crippen molar-refractivity contribution in [2.75, 3.05) is 12.4 Å². The van der Waals surface area contributed by atoms with E-state index in [1.807, 2.05) is 24.3 Å². The first-order valence-electron chi connectivity index (χ1n) is 9.43. The normalized spacial score (nSPS) is 11.1. The molecule has 154 valence electrons. The van der Waals surface area contributed by atoms with Gasteiger partial charge in [-0.15, -0.1) is 11.3 Å². The van der Waals surface area contributed by atoms with Gasteiger partial charge in [0.15, 0.2) is 0 Å². The summed E-state index contributed by atoms with van der Waals surface area (Å²) in [5.74, 6) is -0.856. The molecule has 0 aliphatic rings. The van der Waals surface area contributed by atoms with Gasteiger partial charge in [-0.05, 0) is 40.8 Å². The van der Waals surface area contributed by atoms with Gasteiger partial charge in [0.25, 0.3) is 0 Å². The zero-order chi connectivity index (χ0) is 21.7. The molecule has 0 spiro atoms. The topological polar surface area (TPSA) is 55.4 Å². The van der Waals surface area contributed by atoms with Crippen LogP contribution >= 0.6 is 11.3 Å².